The van der Waals surface area contributed by atoms with E-state index in [0.717, 1.165) is 12.1 Å². The van der Waals surface area contributed by atoms with E-state index in [4.69, 9.17) is 16.7 Å². The van der Waals surface area contributed by atoms with E-state index in [-0.39, 0.29) is 12.5 Å². The fourth-order valence-corrected chi connectivity index (χ4v) is 2.30. The summed E-state index contributed by atoms with van der Waals surface area (Å²) < 4.78 is 1.61. The summed E-state index contributed by atoms with van der Waals surface area (Å²) in [6, 6.07) is 8.91. The number of carbonyl (C=O) groups is 1. The van der Waals surface area contributed by atoms with Gasteiger partial charge in [-0.25, -0.2) is 4.68 Å². The molecule has 0 spiro atoms. The largest absolute Gasteiger partial charge is 0.396 e. The molecule has 1 atom stereocenters. The Labute approximate surface area is 134 Å². The molecule has 6 heteroatoms. The van der Waals surface area contributed by atoms with Crippen LogP contribution in [0.5, 0.6) is 0 Å². The van der Waals surface area contributed by atoms with Crippen LogP contribution in [0, 0.1) is 0 Å². The maximum absolute atomic E-state index is 12.3. The molecule has 5 nitrogen and oxygen atoms in total. The molecule has 0 fully saturated rings. The lowest BCUT2D eigenvalue weighted by molar-refractivity contribution is 0.0880. The number of halogens is 1. The molecule has 22 heavy (non-hydrogen) atoms. The van der Waals surface area contributed by atoms with Gasteiger partial charge in [0.1, 0.15) is 0 Å². The molecule has 0 radical (unpaired) electrons. The Kier molecular flexibility index (Phi) is 5.21. The van der Waals surface area contributed by atoms with Crippen LogP contribution in [-0.4, -0.2) is 32.9 Å². The third-order valence-electron chi connectivity index (χ3n) is 3.75. The van der Waals surface area contributed by atoms with Crippen LogP contribution in [0.1, 0.15) is 37.2 Å². The second-order valence-corrected chi connectivity index (χ2v) is 5.90. The molecule has 0 aliphatic heterocycles. The lowest BCUT2D eigenvalue weighted by Crippen LogP contribution is -2.46. The fourth-order valence-electron chi connectivity index (χ4n) is 2.12. The zero-order chi connectivity index (χ0) is 16.2. The molecule has 0 aliphatic carbocycles. The number of hydrogen-bond donors (Lipinski definition) is 2. The maximum atomic E-state index is 12.3. The van der Waals surface area contributed by atoms with Crippen molar-refractivity contribution in [1.29, 1.82) is 0 Å². The van der Waals surface area contributed by atoms with Crippen molar-refractivity contribution in [3.63, 3.8) is 0 Å². The second kappa shape index (κ2) is 6.94. The predicted molar refractivity (Wildman–Crippen MR) is 86.4 cm³/mol. The van der Waals surface area contributed by atoms with E-state index in [1.54, 1.807) is 29.1 Å². The highest BCUT2D eigenvalue weighted by Crippen LogP contribution is 2.16. The Morgan fingerprint density at radius 1 is 1.45 bits per heavy atom. The Bertz CT molecular complexity index is 656. The average Bonchev–Trinajstić information content (AvgIpc) is 2.97. The summed E-state index contributed by atoms with van der Waals surface area (Å²) in [6.45, 7) is 3.91. The summed E-state index contributed by atoms with van der Waals surface area (Å²) in [5.74, 6) is -0.251. The first-order chi connectivity index (χ1) is 10.5. The van der Waals surface area contributed by atoms with Crippen LogP contribution in [0.15, 0.2) is 36.5 Å². The number of rotatable bonds is 6. The number of benzene rings is 1. The van der Waals surface area contributed by atoms with Crippen LogP contribution in [0.2, 0.25) is 5.02 Å². The molecule has 0 saturated carbocycles. The van der Waals surface area contributed by atoms with Crippen LogP contribution < -0.4 is 5.32 Å². The minimum atomic E-state index is -0.439. The van der Waals surface area contributed by atoms with Crippen molar-refractivity contribution < 1.29 is 9.90 Å². The van der Waals surface area contributed by atoms with Crippen molar-refractivity contribution in [1.82, 2.24) is 15.1 Å². The number of hydrogen-bond acceptors (Lipinski definition) is 3. The summed E-state index contributed by atoms with van der Waals surface area (Å²) in [7, 11) is 0. The Morgan fingerprint density at radius 2 is 2.23 bits per heavy atom. The highest BCUT2D eigenvalue weighted by molar-refractivity contribution is 6.30. The molecule has 2 N–H and O–H groups in total. The normalized spacial score (nSPS) is 13.6. The summed E-state index contributed by atoms with van der Waals surface area (Å²) in [5, 5.41) is 16.9. The van der Waals surface area contributed by atoms with Crippen molar-refractivity contribution in [3.05, 3.63) is 47.2 Å². The van der Waals surface area contributed by atoms with E-state index in [0.29, 0.717) is 17.1 Å². The molecular formula is C16H20ClN3O2. The third-order valence-corrected chi connectivity index (χ3v) is 3.99. The van der Waals surface area contributed by atoms with Crippen molar-refractivity contribution in [2.24, 2.45) is 0 Å². The lowest BCUT2D eigenvalue weighted by Gasteiger charge is -2.28. The number of amides is 1. The van der Waals surface area contributed by atoms with Gasteiger partial charge in [0.2, 0.25) is 0 Å². The van der Waals surface area contributed by atoms with Gasteiger partial charge in [0.25, 0.3) is 5.91 Å². The maximum Gasteiger partial charge on any atom is 0.272 e. The molecule has 1 aromatic carbocycles. The van der Waals surface area contributed by atoms with E-state index in [1.807, 2.05) is 26.0 Å². The minimum absolute atomic E-state index is 0.0293. The van der Waals surface area contributed by atoms with Gasteiger partial charge in [-0.3, -0.25) is 4.79 Å². The van der Waals surface area contributed by atoms with Crippen LogP contribution in [-0.2, 0) is 0 Å². The first-order valence-corrected chi connectivity index (χ1v) is 7.60. The first-order valence-electron chi connectivity index (χ1n) is 7.22. The van der Waals surface area contributed by atoms with Crippen molar-refractivity contribution >= 4 is 17.5 Å². The van der Waals surface area contributed by atoms with Gasteiger partial charge in [-0.05, 0) is 44.0 Å². The quantitative estimate of drug-likeness (QED) is 0.859. The number of nitrogens with zero attached hydrogens (tertiary/aromatic N) is 2. The molecule has 1 amide bonds. The molecule has 2 rings (SSSR count). The third kappa shape index (κ3) is 3.87. The van der Waals surface area contributed by atoms with Gasteiger partial charge in [0.15, 0.2) is 5.69 Å². The van der Waals surface area contributed by atoms with Gasteiger partial charge in [0.05, 0.1) is 5.69 Å². The summed E-state index contributed by atoms with van der Waals surface area (Å²) in [6.07, 6.45) is 2.95. The Balaban J connectivity index is 2.16. The molecule has 1 aromatic heterocycles. The molecule has 118 valence electrons. The van der Waals surface area contributed by atoms with Crippen LogP contribution in [0.3, 0.4) is 0 Å². The summed E-state index contributed by atoms with van der Waals surface area (Å²) in [4.78, 5) is 12.3. The van der Waals surface area contributed by atoms with Gasteiger partial charge in [0, 0.05) is 23.4 Å². The highest BCUT2D eigenvalue weighted by Gasteiger charge is 2.25. The van der Waals surface area contributed by atoms with E-state index >= 15 is 0 Å². The van der Waals surface area contributed by atoms with Gasteiger partial charge in [-0.15, -0.1) is 0 Å². The predicted octanol–water partition coefficient (Wildman–Crippen LogP) is 2.81. The number of nitrogens with one attached hydrogen (secondary N) is 1. The monoisotopic (exact) mass is 321 g/mol. The van der Waals surface area contributed by atoms with E-state index in [1.165, 1.54) is 0 Å². The zero-order valence-electron chi connectivity index (χ0n) is 12.7. The molecule has 1 unspecified atom stereocenters. The van der Waals surface area contributed by atoms with Gasteiger partial charge >= 0.3 is 0 Å². The molecule has 0 saturated heterocycles. The van der Waals surface area contributed by atoms with E-state index < -0.39 is 5.54 Å². The minimum Gasteiger partial charge on any atom is -0.396 e. The van der Waals surface area contributed by atoms with Crippen LogP contribution in [0.25, 0.3) is 5.69 Å². The van der Waals surface area contributed by atoms with Gasteiger partial charge < -0.3 is 10.4 Å². The van der Waals surface area contributed by atoms with E-state index in [9.17, 15) is 4.79 Å². The topological polar surface area (TPSA) is 67.2 Å². The van der Waals surface area contributed by atoms with Crippen molar-refractivity contribution in [2.75, 3.05) is 6.61 Å². The Morgan fingerprint density at radius 3 is 2.86 bits per heavy atom. The number of carbonyl (C=O) groups excluding carboxylic acids is 1. The Hall–Kier alpha value is -1.85. The fraction of sp³-hybridized carbons (Fsp3) is 0.375. The standard InChI is InChI=1S/C16H20ClN3O2/c1-3-16(2,8-10-21)18-15(22)14-7-9-20(19-14)13-6-4-5-12(17)11-13/h4-7,9,11,21H,3,8,10H2,1-2H3,(H,18,22). The number of aliphatic hydroxyl groups excluding tert-OH is 1. The van der Waals surface area contributed by atoms with Crippen molar-refractivity contribution in [2.45, 2.75) is 32.2 Å². The number of aliphatic hydroxyl groups is 1. The SMILES string of the molecule is CCC(C)(CCO)NC(=O)c1ccn(-c2cccc(Cl)c2)n1. The van der Waals surface area contributed by atoms with Gasteiger partial charge in [-0.2, -0.15) is 5.10 Å². The van der Waals surface area contributed by atoms with Crippen LogP contribution in [0.4, 0.5) is 0 Å². The van der Waals surface area contributed by atoms with Crippen LogP contribution >= 0.6 is 11.6 Å². The van der Waals surface area contributed by atoms with E-state index in [2.05, 4.69) is 10.4 Å². The average molecular weight is 322 g/mol. The lowest BCUT2D eigenvalue weighted by atomic mass is 9.95. The first kappa shape index (κ1) is 16.5. The molecular weight excluding hydrogens is 302 g/mol. The molecule has 0 aliphatic rings. The number of aromatic nitrogens is 2. The smallest absolute Gasteiger partial charge is 0.272 e. The second-order valence-electron chi connectivity index (χ2n) is 5.47. The highest BCUT2D eigenvalue weighted by atomic mass is 35.5. The van der Waals surface area contributed by atoms with Gasteiger partial charge in [-0.1, -0.05) is 24.6 Å². The van der Waals surface area contributed by atoms with Crippen molar-refractivity contribution in [3.8, 4) is 5.69 Å². The summed E-state index contributed by atoms with van der Waals surface area (Å²) in [5.41, 5.74) is 0.684. The molecule has 1 heterocycles. The summed E-state index contributed by atoms with van der Waals surface area (Å²) >= 11 is 5.96. The molecule has 2 aromatic rings. The zero-order valence-corrected chi connectivity index (χ0v) is 13.5. The molecule has 0 bridgehead atoms.